The number of hydrogen-bond acceptors (Lipinski definition) is 6. The fourth-order valence-corrected chi connectivity index (χ4v) is 10.5. The summed E-state index contributed by atoms with van der Waals surface area (Å²) in [6.07, 6.45) is 7.50. The molecule has 11 nitrogen and oxygen atoms in total. The van der Waals surface area contributed by atoms with Gasteiger partial charge in [0.15, 0.2) is 0 Å². The number of alkyl carbamates (subject to hydrolysis) is 1. The molecule has 324 valence electrons. The third-order valence-electron chi connectivity index (χ3n) is 13.7. The van der Waals surface area contributed by atoms with Gasteiger partial charge in [-0.05, 0) is 105 Å². The van der Waals surface area contributed by atoms with Crippen molar-refractivity contribution in [1.82, 2.24) is 30.2 Å². The maximum absolute atomic E-state index is 12.7. The lowest BCUT2D eigenvalue weighted by atomic mass is 9.92. The van der Waals surface area contributed by atoms with Gasteiger partial charge in [-0.25, -0.2) is 19.6 Å². The zero-order valence-electron chi connectivity index (χ0n) is 36.1. The van der Waals surface area contributed by atoms with Crippen LogP contribution in [0.3, 0.4) is 0 Å². The highest BCUT2D eigenvalue weighted by Crippen LogP contribution is 2.48. The van der Waals surface area contributed by atoms with Crippen molar-refractivity contribution >= 4 is 28.6 Å². The molecule has 2 saturated heterocycles. The lowest BCUT2D eigenvalue weighted by Gasteiger charge is -2.31. The highest BCUT2D eigenvalue weighted by Gasteiger charge is 2.35. The van der Waals surface area contributed by atoms with E-state index in [9.17, 15) is 14.7 Å². The molecular formula is C54H49N7O4. The van der Waals surface area contributed by atoms with Crippen LogP contribution in [0.4, 0.5) is 15.3 Å². The molecule has 0 bridgehead atoms. The first kappa shape index (κ1) is 40.1. The molecule has 2 aromatic heterocycles. The smallest absolute Gasteiger partial charge is 0.407 e. The highest BCUT2D eigenvalue weighted by atomic mass is 16.5. The molecule has 2 aliphatic heterocycles. The number of fused-ring (bicyclic) bond motifs is 4. The summed E-state index contributed by atoms with van der Waals surface area (Å²) in [6, 6.07) is 44.5. The summed E-state index contributed by atoms with van der Waals surface area (Å²) in [6.45, 7) is 1.44. The molecule has 3 unspecified atom stereocenters. The quantitative estimate of drug-likeness (QED) is 0.107. The predicted molar refractivity (Wildman–Crippen MR) is 254 cm³/mol. The number of benzene rings is 6. The summed E-state index contributed by atoms with van der Waals surface area (Å²) in [5.74, 6) is 1.65. The van der Waals surface area contributed by atoms with Crippen LogP contribution >= 0.6 is 0 Å². The second kappa shape index (κ2) is 16.8. The van der Waals surface area contributed by atoms with E-state index < -0.39 is 12.2 Å². The van der Waals surface area contributed by atoms with Crippen molar-refractivity contribution in [2.45, 2.75) is 56.7 Å². The van der Waals surface area contributed by atoms with Crippen molar-refractivity contribution in [3.63, 3.8) is 0 Å². The number of aromatic amines is 2. The first-order valence-corrected chi connectivity index (χ1v) is 22.5. The molecule has 6 aromatic carbocycles. The fourth-order valence-electron chi connectivity index (χ4n) is 10.5. The lowest BCUT2D eigenvalue weighted by molar-refractivity contribution is 0.139. The topological polar surface area (TPSA) is 139 Å². The summed E-state index contributed by atoms with van der Waals surface area (Å²) in [5.41, 5.74) is 14.9. The Bertz CT molecular complexity index is 3070. The van der Waals surface area contributed by atoms with E-state index in [4.69, 9.17) is 9.72 Å². The Morgan fingerprint density at radius 1 is 0.723 bits per heavy atom. The van der Waals surface area contributed by atoms with E-state index in [0.29, 0.717) is 18.8 Å². The van der Waals surface area contributed by atoms with E-state index in [2.05, 4.69) is 134 Å². The number of hydrogen-bond donors (Lipinski definition) is 4. The van der Waals surface area contributed by atoms with E-state index in [0.717, 1.165) is 94.5 Å². The number of carbonyl (C=O) groups excluding carboxylic acids is 1. The van der Waals surface area contributed by atoms with Crippen molar-refractivity contribution in [1.29, 1.82) is 0 Å². The van der Waals surface area contributed by atoms with Gasteiger partial charge in [-0.3, -0.25) is 4.90 Å². The number of anilines is 1. The van der Waals surface area contributed by atoms with E-state index in [-0.39, 0.29) is 18.1 Å². The molecular weight excluding hydrogens is 811 g/mol. The lowest BCUT2D eigenvalue weighted by Crippen LogP contribution is -2.31. The summed E-state index contributed by atoms with van der Waals surface area (Å²) in [5, 5.41) is 15.0. The number of likely N-dealkylation sites (tertiary alicyclic amines) is 1. The maximum Gasteiger partial charge on any atom is 0.407 e. The van der Waals surface area contributed by atoms with Gasteiger partial charge in [-0.15, -0.1) is 0 Å². The molecule has 2 fully saturated rings. The van der Waals surface area contributed by atoms with Gasteiger partial charge in [0, 0.05) is 30.8 Å². The zero-order valence-corrected chi connectivity index (χ0v) is 36.1. The third kappa shape index (κ3) is 7.56. The summed E-state index contributed by atoms with van der Waals surface area (Å²) in [7, 11) is 1.41. The number of nitrogens with zero attached hydrogens (tertiary/aromatic N) is 4. The Labute approximate surface area is 377 Å². The number of carbonyl (C=O) groups is 2. The van der Waals surface area contributed by atoms with E-state index in [1.807, 2.05) is 24.4 Å². The first-order chi connectivity index (χ1) is 31.9. The third-order valence-corrected chi connectivity index (χ3v) is 13.7. The molecule has 0 saturated carbocycles. The van der Waals surface area contributed by atoms with Gasteiger partial charge < -0.3 is 30.0 Å². The van der Waals surface area contributed by atoms with Crippen molar-refractivity contribution in [3.05, 3.63) is 174 Å². The number of ether oxygens (including phenoxy) is 1. The standard InChI is InChI=1S/C54H49N7O4/c1-65-53(62)59-45(34-9-3-2-4-10-34)30-41-23-24-43-42-12-6-5-11-39(42)29-44(43)50(41)60-25-7-13-48(60)51-55-31-46(57-51)35-17-15-33(16-18-35)36-19-20-38-28-40(22-21-37(38)27-36)47-32-56-52(58-47)49-14-8-26-61(49)54(63)64/h2-6,9-12,15-24,27-28,31-32,45,48-49H,7-8,13-14,25-26,29-30H2,1H3,(H,55,57)(H,56,58)(H,59,62)(H,63,64). The van der Waals surface area contributed by atoms with E-state index >= 15 is 0 Å². The Hall–Kier alpha value is -7.66. The molecule has 3 aliphatic rings. The van der Waals surface area contributed by atoms with Crippen LogP contribution in [0.15, 0.2) is 140 Å². The average Bonchev–Trinajstić information content (AvgIpc) is 4.21. The van der Waals surface area contributed by atoms with Gasteiger partial charge in [-0.1, -0.05) is 115 Å². The van der Waals surface area contributed by atoms with Crippen LogP contribution in [0.5, 0.6) is 0 Å². The molecule has 0 radical (unpaired) electrons. The van der Waals surface area contributed by atoms with Crippen LogP contribution in [0, 0.1) is 0 Å². The number of rotatable bonds is 10. The second-order valence-corrected chi connectivity index (χ2v) is 17.4. The van der Waals surface area contributed by atoms with E-state index in [1.54, 1.807) is 6.20 Å². The monoisotopic (exact) mass is 859 g/mol. The van der Waals surface area contributed by atoms with Crippen LogP contribution in [-0.4, -0.2) is 62.3 Å². The molecule has 2 amide bonds. The minimum Gasteiger partial charge on any atom is -0.465 e. The summed E-state index contributed by atoms with van der Waals surface area (Å²) in [4.78, 5) is 45.2. The van der Waals surface area contributed by atoms with Gasteiger partial charge >= 0.3 is 12.2 Å². The molecule has 11 rings (SSSR count). The number of H-pyrrole nitrogens is 2. The molecule has 4 heterocycles. The number of carboxylic acid groups (broad SMARTS) is 1. The van der Waals surface area contributed by atoms with Crippen LogP contribution in [0.25, 0.3) is 55.5 Å². The van der Waals surface area contributed by atoms with E-state index in [1.165, 1.54) is 45.5 Å². The predicted octanol–water partition coefficient (Wildman–Crippen LogP) is 11.7. The molecule has 1 aliphatic carbocycles. The molecule has 11 heteroatoms. The SMILES string of the molecule is COC(=O)NC(Cc1ccc2c(c1N1CCCC1c1ncc(-c3ccc(-c4ccc5cc(-c6cnc(C7CCCN7C(=O)O)[nH]6)ccc5c4)cc3)[nH]1)Cc1ccccc1-2)c1ccccc1. The van der Waals surface area contributed by atoms with Gasteiger partial charge in [0.1, 0.15) is 11.6 Å². The summed E-state index contributed by atoms with van der Waals surface area (Å²) < 4.78 is 5.09. The van der Waals surface area contributed by atoms with Crippen LogP contribution in [0.1, 0.15) is 77.7 Å². The number of nitrogens with one attached hydrogen (secondary N) is 3. The molecule has 65 heavy (non-hydrogen) atoms. The number of amides is 2. The van der Waals surface area contributed by atoms with Gasteiger partial charge in [0.05, 0.1) is 49.0 Å². The number of methoxy groups -OCH3 is 1. The Balaban J connectivity index is 0.844. The fraction of sp³-hybridized carbons (Fsp3) is 0.222. The molecule has 0 spiro atoms. The van der Waals surface area contributed by atoms with Crippen molar-refractivity contribution in [2.75, 3.05) is 25.1 Å². The minimum absolute atomic E-state index is 0.0590. The van der Waals surface area contributed by atoms with Crippen molar-refractivity contribution < 1.29 is 19.4 Å². The van der Waals surface area contributed by atoms with Crippen molar-refractivity contribution in [3.8, 4) is 44.8 Å². The highest BCUT2D eigenvalue weighted by molar-refractivity contribution is 5.91. The Kier molecular flexibility index (Phi) is 10.4. The first-order valence-electron chi connectivity index (χ1n) is 22.5. The minimum atomic E-state index is -0.904. The average molecular weight is 860 g/mol. The normalized spacial score (nSPS) is 17.0. The van der Waals surface area contributed by atoms with Crippen LogP contribution in [0.2, 0.25) is 0 Å². The van der Waals surface area contributed by atoms with Crippen LogP contribution in [-0.2, 0) is 17.6 Å². The molecule has 8 aromatic rings. The molecule has 3 atom stereocenters. The van der Waals surface area contributed by atoms with Gasteiger partial charge in [0.2, 0.25) is 0 Å². The Morgan fingerprint density at radius 2 is 1.37 bits per heavy atom. The van der Waals surface area contributed by atoms with Gasteiger partial charge in [0.25, 0.3) is 0 Å². The van der Waals surface area contributed by atoms with Crippen molar-refractivity contribution in [2.24, 2.45) is 0 Å². The Morgan fingerprint density at radius 3 is 2.14 bits per heavy atom. The number of imidazole rings is 2. The van der Waals surface area contributed by atoms with Gasteiger partial charge in [-0.2, -0.15) is 0 Å². The maximum atomic E-state index is 12.7. The van der Waals surface area contributed by atoms with Crippen LogP contribution < -0.4 is 10.2 Å². The largest absolute Gasteiger partial charge is 0.465 e. The molecule has 4 N–H and O–H groups in total. The zero-order chi connectivity index (χ0) is 44.0. The summed E-state index contributed by atoms with van der Waals surface area (Å²) >= 11 is 0. The number of aromatic nitrogens is 4. The second-order valence-electron chi connectivity index (χ2n) is 17.4.